The molecule has 0 aliphatic heterocycles. The number of alkyl halides is 3. The molecule has 0 saturated heterocycles. The molecule has 0 heterocycles. The van der Waals surface area contributed by atoms with Crippen molar-refractivity contribution in [2.24, 2.45) is 5.92 Å². The van der Waals surface area contributed by atoms with Gasteiger partial charge in [-0.1, -0.05) is 12.1 Å². The summed E-state index contributed by atoms with van der Waals surface area (Å²) in [6, 6.07) is 4.67. The monoisotopic (exact) mass is 287 g/mol. The molecule has 3 nitrogen and oxygen atoms in total. The number of carbonyl (C=O) groups excluding carboxylic acids is 1. The van der Waals surface area contributed by atoms with Gasteiger partial charge in [0.05, 0.1) is 17.2 Å². The van der Waals surface area contributed by atoms with Gasteiger partial charge in [0, 0.05) is 6.54 Å². The Morgan fingerprint density at radius 2 is 2.00 bits per heavy atom. The maximum atomic E-state index is 12.8. The van der Waals surface area contributed by atoms with Crippen LogP contribution >= 0.6 is 0 Å². The van der Waals surface area contributed by atoms with Gasteiger partial charge in [-0.15, -0.1) is 0 Å². The van der Waals surface area contributed by atoms with Gasteiger partial charge in [-0.3, -0.25) is 4.79 Å². The van der Waals surface area contributed by atoms with E-state index in [4.69, 9.17) is 0 Å². The summed E-state index contributed by atoms with van der Waals surface area (Å²) in [5, 5.41) is 12.1. The number of aliphatic hydroxyl groups is 1. The summed E-state index contributed by atoms with van der Waals surface area (Å²) in [5.41, 5.74) is -1.33. The molecule has 1 aromatic rings. The molecular weight excluding hydrogens is 271 g/mol. The summed E-state index contributed by atoms with van der Waals surface area (Å²) in [4.78, 5) is 11.8. The number of rotatable bonds is 5. The molecule has 1 saturated carbocycles. The summed E-state index contributed by atoms with van der Waals surface area (Å²) < 4.78 is 38.3. The SMILES string of the molecule is O=C(NCC[C@H](O)C1CC1)c1ccccc1C(F)(F)F. The summed E-state index contributed by atoms with van der Waals surface area (Å²) in [6.45, 7) is 0.169. The Kier molecular flexibility index (Phi) is 4.32. The Morgan fingerprint density at radius 3 is 2.60 bits per heavy atom. The van der Waals surface area contributed by atoms with Gasteiger partial charge in [-0.25, -0.2) is 0 Å². The zero-order valence-electron chi connectivity index (χ0n) is 10.8. The average molecular weight is 287 g/mol. The Labute approximate surface area is 114 Å². The summed E-state index contributed by atoms with van der Waals surface area (Å²) >= 11 is 0. The van der Waals surface area contributed by atoms with Crippen LogP contribution in [0.15, 0.2) is 24.3 Å². The van der Waals surface area contributed by atoms with Crippen molar-refractivity contribution in [2.45, 2.75) is 31.5 Å². The molecule has 0 unspecified atom stereocenters. The molecule has 1 aliphatic carbocycles. The molecule has 2 rings (SSSR count). The van der Waals surface area contributed by atoms with Crippen LogP contribution in [0.2, 0.25) is 0 Å². The maximum absolute atomic E-state index is 12.8. The fraction of sp³-hybridized carbons (Fsp3) is 0.500. The minimum absolute atomic E-state index is 0.169. The first kappa shape index (κ1) is 14.8. The van der Waals surface area contributed by atoms with Gasteiger partial charge in [-0.05, 0) is 37.3 Å². The number of hydrogen-bond acceptors (Lipinski definition) is 2. The van der Waals surface area contributed by atoms with Crippen LogP contribution in [-0.4, -0.2) is 23.7 Å². The molecular formula is C14H16F3NO2. The van der Waals surface area contributed by atoms with E-state index in [1.54, 1.807) is 0 Å². The maximum Gasteiger partial charge on any atom is 0.417 e. The molecule has 0 spiro atoms. The minimum Gasteiger partial charge on any atom is -0.393 e. The van der Waals surface area contributed by atoms with E-state index in [-0.39, 0.29) is 18.0 Å². The standard InChI is InChI=1S/C14H16F3NO2/c15-14(16,17)11-4-2-1-3-10(11)13(20)18-8-7-12(19)9-5-6-9/h1-4,9,12,19H,5-8H2,(H,18,20)/t12-/m0/s1. The second kappa shape index (κ2) is 5.83. The van der Waals surface area contributed by atoms with Gasteiger partial charge in [0.2, 0.25) is 0 Å². The highest BCUT2D eigenvalue weighted by Gasteiger charge is 2.35. The smallest absolute Gasteiger partial charge is 0.393 e. The number of carbonyl (C=O) groups is 1. The Balaban J connectivity index is 1.95. The average Bonchev–Trinajstić information content (AvgIpc) is 3.21. The first-order valence-corrected chi connectivity index (χ1v) is 6.52. The van der Waals surface area contributed by atoms with E-state index < -0.39 is 23.8 Å². The van der Waals surface area contributed by atoms with Crippen molar-refractivity contribution < 1.29 is 23.1 Å². The summed E-state index contributed by atoms with van der Waals surface area (Å²) in [5.74, 6) is -0.477. The molecule has 2 N–H and O–H groups in total. The molecule has 1 aromatic carbocycles. The van der Waals surface area contributed by atoms with E-state index in [0.29, 0.717) is 6.42 Å². The van der Waals surface area contributed by atoms with Crippen molar-refractivity contribution in [1.82, 2.24) is 5.32 Å². The van der Waals surface area contributed by atoms with Gasteiger partial charge in [0.25, 0.3) is 5.91 Å². The normalized spacial score (nSPS) is 16.8. The number of nitrogens with one attached hydrogen (secondary N) is 1. The van der Waals surface area contributed by atoms with E-state index in [1.165, 1.54) is 12.1 Å². The molecule has 1 fully saturated rings. The molecule has 1 aliphatic rings. The van der Waals surface area contributed by atoms with E-state index in [9.17, 15) is 23.1 Å². The number of hydrogen-bond donors (Lipinski definition) is 2. The van der Waals surface area contributed by atoms with Crippen molar-refractivity contribution in [2.75, 3.05) is 6.54 Å². The highest BCUT2D eigenvalue weighted by molar-refractivity contribution is 5.95. The first-order chi connectivity index (χ1) is 9.39. The van der Waals surface area contributed by atoms with Crippen LogP contribution in [-0.2, 0) is 6.18 Å². The molecule has 20 heavy (non-hydrogen) atoms. The molecule has 1 atom stereocenters. The second-order valence-electron chi connectivity index (χ2n) is 4.99. The fourth-order valence-electron chi connectivity index (χ4n) is 2.07. The second-order valence-corrected chi connectivity index (χ2v) is 4.99. The van der Waals surface area contributed by atoms with Crippen LogP contribution in [0.3, 0.4) is 0 Å². The van der Waals surface area contributed by atoms with Gasteiger partial charge in [0.15, 0.2) is 0 Å². The van der Waals surface area contributed by atoms with E-state index in [1.807, 2.05) is 0 Å². The topological polar surface area (TPSA) is 49.3 Å². The lowest BCUT2D eigenvalue weighted by molar-refractivity contribution is -0.137. The number of amides is 1. The van der Waals surface area contributed by atoms with Crippen LogP contribution in [0.4, 0.5) is 13.2 Å². The van der Waals surface area contributed by atoms with Crippen LogP contribution < -0.4 is 5.32 Å². The van der Waals surface area contributed by atoms with Crippen molar-refractivity contribution >= 4 is 5.91 Å². The van der Waals surface area contributed by atoms with Crippen molar-refractivity contribution in [3.05, 3.63) is 35.4 Å². The molecule has 110 valence electrons. The number of benzene rings is 1. The van der Waals surface area contributed by atoms with Gasteiger partial charge >= 0.3 is 6.18 Å². The third-order valence-electron chi connectivity index (χ3n) is 3.37. The summed E-state index contributed by atoms with van der Waals surface area (Å²) in [7, 11) is 0. The fourth-order valence-corrected chi connectivity index (χ4v) is 2.07. The highest BCUT2D eigenvalue weighted by Crippen LogP contribution is 2.34. The lowest BCUT2D eigenvalue weighted by atomic mass is 10.1. The molecule has 0 aromatic heterocycles. The predicted molar refractivity (Wildman–Crippen MR) is 67.1 cm³/mol. The Morgan fingerprint density at radius 1 is 1.35 bits per heavy atom. The van der Waals surface area contributed by atoms with E-state index in [2.05, 4.69) is 5.32 Å². The number of halogens is 3. The Bertz CT molecular complexity index is 484. The largest absolute Gasteiger partial charge is 0.417 e. The Hall–Kier alpha value is -1.56. The third kappa shape index (κ3) is 3.72. The zero-order valence-corrected chi connectivity index (χ0v) is 10.8. The number of aliphatic hydroxyl groups excluding tert-OH is 1. The first-order valence-electron chi connectivity index (χ1n) is 6.52. The van der Waals surface area contributed by atoms with Crippen LogP contribution in [0.1, 0.15) is 35.2 Å². The summed E-state index contributed by atoms with van der Waals surface area (Å²) in [6.07, 6.45) is -2.71. The minimum atomic E-state index is -4.55. The van der Waals surface area contributed by atoms with Crippen molar-refractivity contribution in [3.63, 3.8) is 0 Å². The molecule has 0 radical (unpaired) electrons. The van der Waals surface area contributed by atoms with Crippen molar-refractivity contribution in [3.8, 4) is 0 Å². The van der Waals surface area contributed by atoms with Crippen LogP contribution in [0.25, 0.3) is 0 Å². The van der Waals surface area contributed by atoms with E-state index in [0.717, 1.165) is 25.0 Å². The third-order valence-corrected chi connectivity index (χ3v) is 3.37. The molecule has 6 heteroatoms. The molecule has 1 amide bonds. The van der Waals surface area contributed by atoms with Gasteiger partial charge in [0.1, 0.15) is 0 Å². The zero-order chi connectivity index (χ0) is 14.8. The molecule has 0 bridgehead atoms. The van der Waals surface area contributed by atoms with Gasteiger partial charge in [-0.2, -0.15) is 13.2 Å². The lowest BCUT2D eigenvalue weighted by Crippen LogP contribution is -2.29. The van der Waals surface area contributed by atoms with Crippen LogP contribution in [0, 0.1) is 5.92 Å². The van der Waals surface area contributed by atoms with Gasteiger partial charge < -0.3 is 10.4 Å². The van der Waals surface area contributed by atoms with Crippen molar-refractivity contribution in [1.29, 1.82) is 0 Å². The lowest BCUT2D eigenvalue weighted by Gasteiger charge is -2.13. The highest BCUT2D eigenvalue weighted by atomic mass is 19.4. The van der Waals surface area contributed by atoms with Crippen LogP contribution in [0.5, 0.6) is 0 Å². The predicted octanol–water partition coefficient (Wildman–Crippen LogP) is 2.60. The quantitative estimate of drug-likeness (QED) is 0.874. The van der Waals surface area contributed by atoms with E-state index >= 15 is 0 Å².